The molecule has 1 heterocycles. The Balaban J connectivity index is 2.18. The van der Waals surface area contributed by atoms with E-state index in [-0.39, 0.29) is 12.1 Å². The van der Waals surface area contributed by atoms with Crippen molar-refractivity contribution in [2.75, 3.05) is 6.54 Å². The largest absolute Gasteiger partial charge is 0.387 e. The Kier molecular flexibility index (Phi) is 3.62. The van der Waals surface area contributed by atoms with Crippen molar-refractivity contribution in [3.8, 4) is 0 Å². The third-order valence-corrected chi connectivity index (χ3v) is 3.48. The summed E-state index contributed by atoms with van der Waals surface area (Å²) >= 11 is 0. The number of nitrogens with one attached hydrogen (secondary N) is 1. The second-order valence-corrected chi connectivity index (χ2v) is 4.86. The molecule has 1 fully saturated rings. The van der Waals surface area contributed by atoms with Crippen LogP contribution < -0.4 is 5.32 Å². The van der Waals surface area contributed by atoms with E-state index < -0.39 is 0 Å². The molecule has 0 saturated carbocycles. The van der Waals surface area contributed by atoms with Crippen molar-refractivity contribution in [1.29, 1.82) is 0 Å². The molecule has 1 aromatic rings. The molecule has 2 rings (SSSR count). The Morgan fingerprint density at radius 1 is 1.31 bits per heavy atom. The van der Waals surface area contributed by atoms with Gasteiger partial charge in [0.05, 0.1) is 6.10 Å². The van der Waals surface area contributed by atoms with Gasteiger partial charge in [0.25, 0.3) is 0 Å². The van der Waals surface area contributed by atoms with Crippen molar-refractivity contribution >= 4 is 0 Å². The number of benzene rings is 1. The van der Waals surface area contributed by atoms with Gasteiger partial charge in [-0.2, -0.15) is 0 Å². The van der Waals surface area contributed by atoms with Crippen LogP contribution in [0.2, 0.25) is 0 Å². The summed E-state index contributed by atoms with van der Waals surface area (Å²) < 4.78 is 0. The summed E-state index contributed by atoms with van der Waals surface area (Å²) in [6.07, 6.45) is 3.17. The van der Waals surface area contributed by atoms with E-state index in [0.29, 0.717) is 0 Å². The van der Waals surface area contributed by atoms with E-state index >= 15 is 0 Å². The Morgan fingerprint density at radius 2 is 2.12 bits per heavy atom. The topological polar surface area (TPSA) is 32.3 Å². The Morgan fingerprint density at radius 3 is 2.81 bits per heavy atom. The number of aliphatic hydroxyl groups excluding tert-OH is 1. The van der Waals surface area contributed by atoms with E-state index in [9.17, 15) is 5.11 Å². The zero-order valence-corrected chi connectivity index (χ0v) is 10.2. The molecule has 2 N–H and O–H groups in total. The smallest absolute Gasteiger partial charge is 0.0945 e. The molecule has 16 heavy (non-hydrogen) atoms. The Labute approximate surface area is 97.7 Å². The van der Waals surface area contributed by atoms with Crippen LogP contribution in [0.4, 0.5) is 0 Å². The van der Waals surface area contributed by atoms with Crippen molar-refractivity contribution in [1.82, 2.24) is 5.32 Å². The van der Waals surface area contributed by atoms with E-state index in [0.717, 1.165) is 18.5 Å². The lowest BCUT2D eigenvalue weighted by Gasteiger charge is -2.29. The maximum atomic E-state index is 10.4. The lowest BCUT2D eigenvalue weighted by Crippen LogP contribution is -2.39. The van der Waals surface area contributed by atoms with E-state index in [1.54, 1.807) is 0 Å². The van der Waals surface area contributed by atoms with Crippen molar-refractivity contribution in [3.63, 3.8) is 0 Å². The fourth-order valence-electron chi connectivity index (χ4n) is 2.44. The van der Waals surface area contributed by atoms with Crippen LogP contribution in [0, 0.1) is 13.8 Å². The molecule has 2 unspecified atom stereocenters. The fourth-order valence-corrected chi connectivity index (χ4v) is 2.44. The second kappa shape index (κ2) is 4.98. The summed E-state index contributed by atoms with van der Waals surface area (Å²) in [7, 11) is 0. The second-order valence-electron chi connectivity index (χ2n) is 4.86. The summed E-state index contributed by atoms with van der Waals surface area (Å²) in [6.45, 7) is 5.18. The maximum Gasteiger partial charge on any atom is 0.0945 e. The van der Waals surface area contributed by atoms with E-state index in [1.807, 2.05) is 0 Å². The van der Waals surface area contributed by atoms with Crippen molar-refractivity contribution in [2.45, 2.75) is 45.3 Å². The van der Waals surface area contributed by atoms with Crippen LogP contribution in [0.5, 0.6) is 0 Å². The third kappa shape index (κ3) is 2.45. The number of rotatable bonds is 2. The molecule has 2 nitrogen and oxygen atoms in total. The van der Waals surface area contributed by atoms with Gasteiger partial charge < -0.3 is 10.4 Å². The molecular formula is C14H21NO. The van der Waals surface area contributed by atoms with Gasteiger partial charge in [0.15, 0.2) is 0 Å². The predicted molar refractivity (Wildman–Crippen MR) is 66.5 cm³/mol. The highest BCUT2D eigenvalue weighted by molar-refractivity contribution is 5.33. The van der Waals surface area contributed by atoms with Crippen LogP contribution in [0.25, 0.3) is 0 Å². The fraction of sp³-hybridized carbons (Fsp3) is 0.571. The SMILES string of the molecule is Cc1ccc(C)c(C(O)C2CCCCN2)c1. The highest BCUT2D eigenvalue weighted by Gasteiger charge is 2.23. The van der Waals surface area contributed by atoms with Gasteiger partial charge in [-0.25, -0.2) is 0 Å². The summed E-state index contributed by atoms with van der Waals surface area (Å²) in [5.41, 5.74) is 3.49. The Hall–Kier alpha value is -0.860. The normalized spacial score (nSPS) is 23.1. The van der Waals surface area contributed by atoms with Crippen LogP contribution in [-0.4, -0.2) is 17.7 Å². The molecule has 2 heteroatoms. The minimum atomic E-state index is -0.361. The molecule has 0 radical (unpaired) electrons. The first kappa shape index (κ1) is 11.6. The van der Waals surface area contributed by atoms with Crippen molar-refractivity contribution in [3.05, 3.63) is 34.9 Å². The first-order valence-corrected chi connectivity index (χ1v) is 6.17. The first-order valence-electron chi connectivity index (χ1n) is 6.17. The van der Waals surface area contributed by atoms with E-state index in [2.05, 4.69) is 37.4 Å². The van der Waals surface area contributed by atoms with E-state index in [4.69, 9.17) is 0 Å². The van der Waals surface area contributed by atoms with Gasteiger partial charge in [-0.05, 0) is 44.4 Å². The van der Waals surface area contributed by atoms with Crippen LogP contribution in [0.1, 0.15) is 42.1 Å². The summed E-state index contributed by atoms with van der Waals surface area (Å²) in [6, 6.07) is 6.53. The molecule has 1 aliphatic rings. The molecule has 0 amide bonds. The lowest BCUT2D eigenvalue weighted by atomic mass is 9.91. The molecule has 0 aliphatic carbocycles. The summed E-state index contributed by atoms with van der Waals surface area (Å²) in [5.74, 6) is 0. The highest BCUT2D eigenvalue weighted by atomic mass is 16.3. The third-order valence-electron chi connectivity index (χ3n) is 3.48. The zero-order valence-electron chi connectivity index (χ0n) is 10.2. The van der Waals surface area contributed by atoms with Crippen molar-refractivity contribution < 1.29 is 5.11 Å². The minimum absolute atomic E-state index is 0.231. The lowest BCUT2D eigenvalue weighted by molar-refractivity contribution is 0.113. The predicted octanol–water partition coefficient (Wildman–Crippen LogP) is 2.48. The number of hydrogen-bond donors (Lipinski definition) is 2. The van der Waals surface area contributed by atoms with Gasteiger partial charge in [-0.1, -0.05) is 30.2 Å². The molecule has 1 saturated heterocycles. The van der Waals surface area contributed by atoms with Gasteiger partial charge in [0.2, 0.25) is 0 Å². The highest BCUT2D eigenvalue weighted by Crippen LogP contribution is 2.26. The van der Waals surface area contributed by atoms with Gasteiger partial charge in [-0.15, -0.1) is 0 Å². The molecule has 0 aromatic heterocycles. The molecule has 0 bridgehead atoms. The number of aryl methyl sites for hydroxylation is 2. The number of hydrogen-bond acceptors (Lipinski definition) is 2. The minimum Gasteiger partial charge on any atom is -0.387 e. The number of aliphatic hydroxyl groups is 1. The summed E-state index contributed by atoms with van der Waals surface area (Å²) in [5, 5.41) is 13.8. The molecule has 0 spiro atoms. The quantitative estimate of drug-likeness (QED) is 0.801. The van der Waals surface area contributed by atoms with Crippen LogP contribution >= 0.6 is 0 Å². The number of piperidine rings is 1. The van der Waals surface area contributed by atoms with Gasteiger partial charge in [0, 0.05) is 6.04 Å². The molecule has 88 valence electrons. The van der Waals surface area contributed by atoms with Gasteiger partial charge in [0.1, 0.15) is 0 Å². The van der Waals surface area contributed by atoms with Crippen LogP contribution in [0.15, 0.2) is 18.2 Å². The molecule has 2 atom stereocenters. The maximum absolute atomic E-state index is 10.4. The van der Waals surface area contributed by atoms with Crippen molar-refractivity contribution in [2.24, 2.45) is 0 Å². The standard InChI is InChI=1S/C14H21NO/c1-10-6-7-11(2)12(9-10)14(16)13-5-3-4-8-15-13/h6-7,9,13-16H,3-5,8H2,1-2H3. The Bertz CT molecular complexity index is 356. The average molecular weight is 219 g/mol. The molecule has 1 aliphatic heterocycles. The average Bonchev–Trinajstić information content (AvgIpc) is 2.32. The van der Waals surface area contributed by atoms with Gasteiger partial charge >= 0.3 is 0 Å². The van der Waals surface area contributed by atoms with E-state index in [1.165, 1.54) is 24.0 Å². The van der Waals surface area contributed by atoms with Gasteiger partial charge in [-0.3, -0.25) is 0 Å². The molecular weight excluding hydrogens is 198 g/mol. The first-order chi connectivity index (χ1) is 7.68. The summed E-state index contributed by atoms with van der Waals surface area (Å²) in [4.78, 5) is 0. The van der Waals surface area contributed by atoms with Crippen LogP contribution in [-0.2, 0) is 0 Å². The molecule has 1 aromatic carbocycles. The zero-order chi connectivity index (χ0) is 11.5. The monoisotopic (exact) mass is 219 g/mol. The van der Waals surface area contributed by atoms with Crippen LogP contribution in [0.3, 0.4) is 0 Å².